The summed E-state index contributed by atoms with van der Waals surface area (Å²) < 4.78 is 0. The maximum absolute atomic E-state index is 4.49. The Morgan fingerprint density at radius 3 is 2.58 bits per heavy atom. The minimum absolute atomic E-state index is 0.333. The Morgan fingerprint density at radius 1 is 1.16 bits per heavy atom. The van der Waals surface area contributed by atoms with Crippen LogP contribution < -0.4 is 5.32 Å². The number of nitrogens with zero attached hydrogens (tertiary/aromatic N) is 2. The molecular weight excluding hydrogens is 234 g/mol. The van der Waals surface area contributed by atoms with Crippen LogP contribution in [0.3, 0.4) is 0 Å². The minimum Gasteiger partial charge on any atom is -0.313 e. The molecule has 0 radical (unpaired) electrons. The van der Waals surface area contributed by atoms with Crippen molar-refractivity contribution in [3.63, 3.8) is 0 Å². The highest BCUT2D eigenvalue weighted by molar-refractivity contribution is 5.78. The molecule has 1 N–H and O–H groups in total. The number of para-hydroxylation sites is 1. The van der Waals surface area contributed by atoms with Gasteiger partial charge in [0.25, 0.3) is 0 Å². The third-order valence-electron chi connectivity index (χ3n) is 3.44. The van der Waals surface area contributed by atoms with Gasteiger partial charge in [-0.3, -0.25) is 9.97 Å². The first-order valence-electron chi connectivity index (χ1n) is 6.88. The maximum atomic E-state index is 4.49. The highest BCUT2D eigenvalue weighted by Crippen LogP contribution is 2.29. The Kier molecular flexibility index (Phi) is 4.15. The molecule has 0 bridgehead atoms. The van der Waals surface area contributed by atoms with Gasteiger partial charge < -0.3 is 5.32 Å². The van der Waals surface area contributed by atoms with Crippen molar-refractivity contribution < 1.29 is 0 Å². The second kappa shape index (κ2) is 5.66. The van der Waals surface area contributed by atoms with Gasteiger partial charge in [-0.25, -0.2) is 0 Å². The van der Waals surface area contributed by atoms with Gasteiger partial charge in [0.1, 0.15) is 0 Å². The van der Waals surface area contributed by atoms with Gasteiger partial charge in [-0.15, -0.1) is 0 Å². The van der Waals surface area contributed by atoms with E-state index in [0.29, 0.717) is 11.5 Å². The molecular formula is C16H23N3. The van der Waals surface area contributed by atoms with E-state index in [1.54, 1.807) is 12.4 Å². The zero-order chi connectivity index (χ0) is 13.9. The number of hydrogen-bond donors (Lipinski definition) is 1. The van der Waals surface area contributed by atoms with Crippen LogP contribution in [-0.4, -0.2) is 17.0 Å². The number of aromatic nitrogens is 2. The second-order valence-corrected chi connectivity index (χ2v) is 6.21. The molecule has 0 aliphatic heterocycles. The molecule has 1 unspecified atom stereocenters. The fourth-order valence-corrected chi connectivity index (χ4v) is 2.33. The highest BCUT2D eigenvalue weighted by Gasteiger charge is 2.17. The zero-order valence-electron chi connectivity index (χ0n) is 12.3. The summed E-state index contributed by atoms with van der Waals surface area (Å²) in [6.45, 7) is 6.84. The lowest BCUT2D eigenvalue weighted by Gasteiger charge is -2.23. The van der Waals surface area contributed by atoms with E-state index >= 15 is 0 Å². The molecule has 3 nitrogen and oxygen atoms in total. The van der Waals surface area contributed by atoms with E-state index in [0.717, 1.165) is 17.5 Å². The van der Waals surface area contributed by atoms with E-state index < -0.39 is 0 Å². The summed E-state index contributed by atoms with van der Waals surface area (Å²) in [7, 11) is 2.02. The predicted molar refractivity (Wildman–Crippen MR) is 80.0 cm³/mol. The Labute approximate surface area is 115 Å². The third-order valence-corrected chi connectivity index (χ3v) is 3.44. The zero-order valence-corrected chi connectivity index (χ0v) is 12.3. The lowest BCUT2D eigenvalue weighted by atomic mass is 9.87. The van der Waals surface area contributed by atoms with Gasteiger partial charge in [0.15, 0.2) is 0 Å². The summed E-state index contributed by atoms with van der Waals surface area (Å²) in [5.41, 5.74) is 3.58. The summed E-state index contributed by atoms with van der Waals surface area (Å²) in [4.78, 5) is 8.87. The van der Waals surface area contributed by atoms with Gasteiger partial charge in [0.2, 0.25) is 0 Å². The first-order valence-corrected chi connectivity index (χ1v) is 6.88. The standard InChI is InChI=1S/C16H23N3/c1-16(2,3)9-8-13(17-4)12-6-5-7-14-15(12)19-11-10-18-14/h5-7,10-11,13,17H,8-9H2,1-4H3. The highest BCUT2D eigenvalue weighted by atomic mass is 14.9. The van der Waals surface area contributed by atoms with Crippen molar-refractivity contribution in [3.05, 3.63) is 36.2 Å². The van der Waals surface area contributed by atoms with Crippen LogP contribution in [0.2, 0.25) is 0 Å². The minimum atomic E-state index is 0.333. The Morgan fingerprint density at radius 2 is 1.89 bits per heavy atom. The number of rotatable bonds is 4. The maximum Gasteiger partial charge on any atom is 0.0934 e. The van der Waals surface area contributed by atoms with Gasteiger partial charge in [0.05, 0.1) is 11.0 Å². The van der Waals surface area contributed by atoms with Crippen molar-refractivity contribution in [2.24, 2.45) is 5.41 Å². The molecule has 2 rings (SSSR count). The molecule has 0 saturated heterocycles. The van der Waals surface area contributed by atoms with Crippen LogP contribution in [0.15, 0.2) is 30.6 Å². The van der Waals surface area contributed by atoms with Crippen molar-refractivity contribution in [1.82, 2.24) is 15.3 Å². The van der Waals surface area contributed by atoms with Gasteiger partial charge in [-0.05, 0) is 36.9 Å². The predicted octanol–water partition coefficient (Wildman–Crippen LogP) is 3.72. The van der Waals surface area contributed by atoms with Crippen molar-refractivity contribution >= 4 is 11.0 Å². The van der Waals surface area contributed by atoms with Crippen LogP contribution in [0, 0.1) is 5.41 Å². The third kappa shape index (κ3) is 3.51. The molecule has 0 aliphatic carbocycles. The van der Waals surface area contributed by atoms with Crippen LogP contribution in [0.25, 0.3) is 11.0 Å². The van der Waals surface area contributed by atoms with Gasteiger partial charge >= 0.3 is 0 Å². The number of benzene rings is 1. The molecule has 0 spiro atoms. The molecule has 1 atom stereocenters. The summed E-state index contributed by atoms with van der Waals surface area (Å²) >= 11 is 0. The monoisotopic (exact) mass is 257 g/mol. The lowest BCUT2D eigenvalue weighted by molar-refractivity contribution is 0.338. The van der Waals surface area contributed by atoms with Gasteiger partial charge in [0, 0.05) is 18.4 Å². The van der Waals surface area contributed by atoms with Crippen LogP contribution in [0.1, 0.15) is 45.2 Å². The van der Waals surface area contributed by atoms with E-state index in [1.165, 1.54) is 12.0 Å². The molecule has 102 valence electrons. The molecule has 0 amide bonds. The van der Waals surface area contributed by atoms with E-state index in [1.807, 2.05) is 13.1 Å². The van der Waals surface area contributed by atoms with Crippen LogP contribution in [0.5, 0.6) is 0 Å². The molecule has 0 aliphatic rings. The summed E-state index contributed by atoms with van der Waals surface area (Å²) in [5.74, 6) is 0. The fraction of sp³-hybridized carbons (Fsp3) is 0.500. The molecule has 0 fully saturated rings. The molecule has 0 saturated carbocycles. The van der Waals surface area contributed by atoms with Crippen LogP contribution >= 0.6 is 0 Å². The summed E-state index contributed by atoms with van der Waals surface area (Å²) in [6, 6.07) is 6.57. The van der Waals surface area contributed by atoms with Crippen molar-refractivity contribution in [3.8, 4) is 0 Å². The van der Waals surface area contributed by atoms with E-state index in [4.69, 9.17) is 0 Å². The van der Waals surface area contributed by atoms with Crippen molar-refractivity contribution in [2.45, 2.75) is 39.7 Å². The number of nitrogens with one attached hydrogen (secondary N) is 1. The van der Waals surface area contributed by atoms with E-state index in [2.05, 4.69) is 48.2 Å². The largest absolute Gasteiger partial charge is 0.313 e. The molecule has 1 aromatic heterocycles. The first kappa shape index (κ1) is 13.9. The molecule has 2 aromatic rings. The SMILES string of the molecule is CNC(CCC(C)(C)C)c1cccc2nccnc12. The smallest absolute Gasteiger partial charge is 0.0934 e. The number of fused-ring (bicyclic) bond motifs is 1. The topological polar surface area (TPSA) is 37.8 Å². The van der Waals surface area contributed by atoms with Crippen molar-refractivity contribution in [2.75, 3.05) is 7.05 Å². The quantitative estimate of drug-likeness (QED) is 0.907. The molecule has 19 heavy (non-hydrogen) atoms. The second-order valence-electron chi connectivity index (χ2n) is 6.21. The van der Waals surface area contributed by atoms with Gasteiger partial charge in [-0.2, -0.15) is 0 Å². The average Bonchev–Trinajstić information content (AvgIpc) is 2.38. The van der Waals surface area contributed by atoms with E-state index in [9.17, 15) is 0 Å². The van der Waals surface area contributed by atoms with Crippen LogP contribution in [0.4, 0.5) is 0 Å². The molecule has 1 aromatic carbocycles. The normalized spacial score (nSPS) is 13.7. The summed E-state index contributed by atoms with van der Waals surface area (Å²) in [6.07, 6.45) is 5.79. The Hall–Kier alpha value is -1.48. The van der Waals surface area contributed by atoms with Crippen LogP contribution in [-0.2, 0) is 0 Å². The van der Waals surface area contributed by atoms with Crippen molar-refractivity contribution in [1.29, 1.82) is 0 Å². The Bertz CT molecular complexity index is 538. The average molecular weight is 257 g/mol. The number of hydrogen-bond acceptors (Lipinski definition) is 3. The van der Waals surface area contributed by atoms with E-state index in [-0.39, 0.29) is 0 Å². The summed E-state index contributed by atoms with van der Waals surface area (Å²) in [5, 5.41) is 3.42. The molecule has 1 heterocycles. The molecule has 3 heteroatoms. The van der Waals surface area contributed by atoms with Gasteiger partial charge in [-0.1, -0.05) is 32.9 Å². The first-order chi connectivity index (χ1) is 9.01. The Balaban J connectivity index is 2.30. The fourth-order valence-electron chi connectivity index (χ4n) is 2.33. The lowest BCUT2D eigenvalue weighted by Crippen LogP contribution is -2.19.